The zero-order valence-electron chi connectivity index (χ0n) is 20.7. The molecule has 2 atom stereocenters. The Balaban J connectivity index is 1.66. The van der Waals surface area contributed by atoms with Gasteiger partial charge in [-0.05, 0) is 61.6 Å². The first-order chi connectivity index (χ1) is 17.2. The molecule has 2 amide bonds. The highest BCUT2D eigenvalue weighted by Crippen LogP contribution is 2.16. The molecule has 3 rings (SSSR count). The topological polar surface area (TPSA) is 105 Å². The molecule has 2 aromatic carbocycles. The van der Waals surface area contributed by atoms with Crippen LogP contribution in [0.4, 0.5) is 4.39 Å². The molecule has 1 fully saturated rings. The Hall–Kier alpha value is -2.82. The van der Waals surface area contributed by atoms with Gasteiger partial charge in [0.1, 0.15) is 11.9 Å². The molecule has 1 aliphatic heterocycles. The maximum absolute atomic E-state index is 13.4. The van der Waals surface area contributed by atoms with Crippen molar-refractivity contribution in [2.75, 3.05) is 19.7 Å². The molecule has 36 heavy (non-hydrogen) atoms. The minimum atomic E-state index is -3.55. The van der Waals surface area contributed by atoms with Crippen LogP contribution < -0.4 is 10.0 Å². The van der Waals surface area contributed by atoms with Crippen molar-refractivity contribution in [3.05, 3.63) is 65.5 Å². The number of hydrogen-bond acceptors (Lipinski definition) is 5. The fourth-order valence-corrected chi connectivity index (χ4v) is 5.08. The van der Waals surface area contributed by atoms with Crippen LogP contribution in [0.2, 0.25) is 0 Å². The molecule has 0 radical (unpaired) electrons. The minimum absolute atomic E-state index is 0.0123. The summed E-state index contributed by atoms with van der Waals surface area (Å²) in [6, 6.07) is 11.5. The minimum Gasteiger partial charge on any atom is -0.376 e. The molecule has 0 unspecified atom stereocenters. The maximum atomic E-state index is 13.4. The number of hydrogen-bond donors (Lipinski definition) is 2. The summed E-state index contributed by atoms with van der Waals surface area (Å²) in [5, 5.41) is 2.88. The second-order valence-electron chi connectivity index (χ2n) is 8.85. The van der Waals surface area contributed by atoms with E-state index in [9.17, 15) is 22.4 Å². The maximum Gasteiger partial charge on any atom is 0.242 e. The van der Waals surface area contributed by atoms with Crippen molar-refractivity contribution < 1.29 is 27.1 Å². The van der Waals surface area contributed by atoms with Gasteiger partial charge in [-0.2, -0.15) is 0 Å². The standard InChI is InChI=1S/C26H34FN3O5S/c1-3-29-36(33,34)24-13-8-20(9-14-24)10-15-25(31)30(18-21-6-11-22(27)12-7-21)19(2)26(32)28-17-23-5-4-16-35-23/h6-9,11-14,19,23,29H,3-5,10,15-18H2,1-2H3,(H,28,32)/t19-,23-/m1/s1. The van der Waals surface area contributed by atoms with Gasteiger partial charge in [0.05, 0.1) is 11.0 Å². The predicted molar refractivity (Wildman–Crippen MR) is 134 cm³/mol. The normalized spacial score (nSPS) is 16.5. The molecule has 0 aromatic heterocycles. The van der Waals surface area contributed by atoms with Gasteiger partial charge in [-0.15, -0.1) is 0 Å². The van der Waals surface area contributed by atoms with Gasteiger partial charge in [0, 0.05) is 32.7 Å². The third-order valence-corrected chi connectivity index (χ3v) is 7.72. The molecule has 1 heterocycles. The second-order valence-corrected chi connectivity index (χ2v) is 10.6. The number of ether oxygens (including phenoxy) is 1. The Morgan fingerprint density at radius 3 is 2.39 bits per heavy atom. The van der Waals surface area contributed by atoms with E-state index in [4.69, 9.17) is 4.74 Å². The molecule has 0 spiro atoms. The smallest absolute Gasteiger partial charge is 0.242 e. The van der Waals surface area contributed by atoms with Gasteiger partial charge in [-0.25, -0.2) is 17.5 Å². The third-order valence-electron chi connectivity index (χ3n) is 6.16. The lowest BCUT2D eigenvalue weighted by Gasteiger charge is -2.29. The van der Waals surface area contributed by atoms with Crippen LogP contribution in [0, 0.1) is 5.82 Å². The van der Waals surface area contributed by atoms with E-state index in [-0.39, 0.29) is 41.6 Å². The number of nitrogens with one attached hydrogen (secondary N) is 2. The molecular weight excluding hydrogens is 485 g/mol. The molecule has 196 valence electrons. The van der Waals surface area contributed by atoms with Gasteiger partial charge in [0.25, 0.3) is 0 Å². The van der Waals surface area contributed by atoms with Gasteiger partial charge in [-0.3, -0.25) is 9.59 Å². The van der Waals surface area contributed by atoms with Gasteiger partial charge in [-0.1, -0.05) is 31.2 Å². The number of carbonyl (C=O) groups excluding carboxylic acids is 2. The van der Waals surface area contributed by atoms with Crippen LogP contribution >= 0.6 is 0 Å². The van der Waals surface area contributed by atoms with Crippen LogP contribution in [0.25, 0.3) is 0 Å². The highest BCUT2D eigenvalue weighted by Gasteiger charge is 2.27. The predicted octanol–water partition coefficient (Wildman–Crippen LogP) is 2.77. The van der Waals surface area contributed by atoms with Crippen molar-refractivity contribution in [2.24, 2.45) is 0 Å². The van der Waals surface area contributed by atoms with Crippen LogP contribution in [-0.2, 0) is 37.3 Å². The van der Waals surface area contributed by atoms with E-state index in [2.05, 4.69) is 10.0 Å². The second kappa shape index (κ2) is 12.9. The Labute approximate surface area is 212 Å². The molecule has 0 aliphatic carbocycles. The number of rotatable bonds is 12. The fraction of sp³-hybridized carbons (Fsp3) is 0.462. The first-order valence-corrected chi connectivity index (χ1v) is 13.7. The quantitative estimate of drug-likeness (QED) is 0.449. The molecule has 8 nitrogen and oxygen atoms in total. The lowest BCUT2D eigenvalue weighted by atomic mass is 10.1. The number of benzene rings is 2. The molecule has 10 heteroatoms. The van der Waals surface area contributed by atoms with E-state index in [0.29, 0.717) is 31.7 Å². The first-order valence-electron chi connectivity index (χ1n) is 12.2. The molecule has 0 bridgehead atoms. The highest BCUT2D eigenvalue weighted by molar-refractivity contribution is 7.89. The number of amides is 2. The van der Waals surface area contributed by atoms with Crippen molar-refractivity contribution in [2.45, 2.75) is 63.1 Å². The third kappa shape index (κ3) is 7.84. The number of carbonyl (C=O) groups is 2. The Bertz CT molecular complexity index is 1120. The van der Waals surface area contributed by atoms with Crippen molar-refractivity contribution in [3.8, 4) is 0 Å². The summed E-state index contributed by atoms with van der Waals surface area (Å²) in [5.41, 5.74) is 1.51. The SMILES string of the molecule is CCNS(=O)(=O)c1ccc(CCC(=O)N(Cc2ccc(F)cc2)[C@H](C)C(=O)NC[C@H]2CCCO2)cc1. The van der Waals surface area contributed by atoms with E-state index < -0.39 is 16.1 Å². The van der Waals surface area contributed by atoms with Crippen LogP contribution in [0.5, 0.6) is 0 Å². The van der Waals surface area contributed by atoms with E-state index in [0.717, 1.165) is 18.4 Å². The van der Waals surface area contributed by atoms with Gasteiger partial charge < -0.3 is 15.0 Å². The average molecular weight is 520 g/mol. The zero-order chi connectivity index (χ0) is 26.1. The Morgan fingerprint density at radius 2 is 1.78 bits per heavy atom. The first kappa shape index (κ1) is 27.8. The molecule has 1 aliphatic rings. The van der Waals surface area contributed by atoms with Gasteiger partial charge >= 0.3 is 0 Å². The van der Waals surface area contributed by atoms with Crippen LogP contribution in [0.15, 0.2) is 53.4 Å². The zero-order valence-corrected chi connectivity index (χ0v) is 21.5. The monoisotopic (exact) mass is 519 g/mol. The average Bonchev–Trinajstić information content (AvgIpc) is 3.39. The van der Waals surface area contributed by atoms with E-state index >= 15 is 0 Å². The highest BCUT2D eigenvalue weighted by atomic mass is 32.2. The fourth-order valence-electron chi connectivity index (χ4n) is 4.04. The number of sulfonamides is 1. The van der Waals surface area contributed by atoms with Crippen LogP contribution in [-0.4, -0.2) is 57.0 Å². The van der Waals surface area contributed by atoms with Gasteiger partial charge in [0.2, 0.25) is 21.8 Å². The summed E-state index contributed by atoms with van der Waals surface area (Å²) in [6.45, 7) is 4.91. The van der Waals surface area contributed by atoms with E-state index in [1.54, 1.807) is 38.1 Å². The summed E-state index contributed by atoms with van der Waals surface area (Å²) in [6.07, 6.45) is 2.35. The van der Waals surface area contributed by atoms with Crippen molar-refractivity contribution >= 4 is 21.8 Å². The Kier molecular flexibility index (Phi) is 9.98. The number of aryl methyl sites for hydroxylation is 1. The van der Waals surface area contributed by atoms with Crippen LogP contribution in [0.1, 0.15) is 44.2 Å². The largest absolute Gasteiger partial charge is 0.376 e. The van der Waals surface area contributed by atoms with E-state index in [1.165, 1.54) is 29.2 Å². The lowest BCUT2D eigenvalue weighted by Crippen LogP contribution is -2.49. The van der Waals surface area contributed by atoms with Crippen molar-refractivity contribution in [1.29, 1.82) is 0 Å². The number of nitrogens with zero attached hydrogens (tertiary/aromatic N) is 1. The summed E-state index contributed by atoms with van der Waals surface area (Å²) in [5.74, 6) is -0.888. The summed E-state index contributed by atoms with van der Waals surface area (Å²) >= 11 is 0. The van der Waals surface area contributed by atoms with Crippen LogP contribution in [0.3, 0.4) is 0 Å². The van der Waals surface area contributed by atoms with Crippen molar-refractivity contribution in [1.82, 2.24) is 14.9 Å². The molecule has 1 saturated heterocycles. The van der Waals surface area contributed by atoms with E-state index in [1.807, 2.05) is 0 Å². The summed E-state index contributed by atoms with van der Waals surface area (Å²) in [7, 11) is -3.55. The molecule has 0 saturated carbocycles. The lowest BCUT2D eigenvalue weighted by molar-refractivity contribution is -0.140. The number of halogens is 1. The summed E-state index contributed by atoms with van der Waals surface area (Å²) in [4.78, 5) is 27.8. The molecular formula is C26H34FN3O5S. The molecule has 2 N–H and O–H groups in total. The molecule has 2 aromatic rings. The Morgan fingerprint density at radius 1 is 1.11 bits per heavy atom. The van der Waals surface area contributed by atoms with Crippen molar-refractivity contribution in [3.63, 3.8) is 0 Å². The summed E-state index contributed by atoms with van der Waals surface area (Å²) < 4.78 is 45.6. The van der Waals surface area contributed by atoms with Gasteiger partial charge in [0.15, 0.2) is 0 Å².